The molecule has 3 heteroatoms. The van der Waals surface area contributed by atoms with Crippen molar-refractivity contribution in [1.29, 1.82) is 0 Å². The zero-order chi connectivity index (χ0) is 18.2. The number of rotatable bonds is 5. The summed E-state index contributed by atoms with van der Waals surface area (Å²) in [5.74, 6) is 0.258. The summed E-state index contributed by atoms with van der Waals surface area (Å²) in [7, 11) is 1.51. The predicted molar refractivity (Wildman–Crippen MR) is 97.6 cm³/mol. The number of allylic oxidation sites excluding steroid dienone is 2. The summed E-state index contributed by atoms with van der Waals surface area (Å²) in [6.07, 6.45) is 8.35. The van der Waals surface area contributed by atoms with Crippen LogP contribution in [0.3, 0.4) is 0 Å². The second-order valence-corrected chi connectivity index (χ2v) is 8.59. The normalized spacial score (nSPS) is 35.8. The van der Waals surface area contributed by atoms with Crippen molar-refractivity contribution >= 4 is 5.97 Å². The van der Waals surface area contributed by atoms with Gasteiger partial charge in [-0.25, -0.2) is 0 Å². The van der Waals surface area contributed by atoms with Crippen molar-refractivity contribution in [3.8, 4) is 0 Å². The molecule has 0 aromatic carbocycles. The third kappa shape index (κ3) is 3.20. The van der Waals surface area contributed by atoms with Crippen LogP contribution in [0.1, 0.15) is 72.6 Å². The van der Waals surface area contributed by atoms with Crippen molar-refractivity contribution in [1.82, 2.24) is 0 Å². The summed E-state index contributed by atoms with van der Waals surface area (Å²) in [5.41, 5.74) is 1.70. The zero-order valence-electron chi connectivity index (χ0n) is 16.1. The van der Waals surface area contributed by atoms with E-state index in [1.165, 1.54) is 18.3 Å². The average molecular weight is 335 g/mol. The van der Waals surface area contributed by atoms with Gasteiger partial charge in [0.25, 0.3) is 0 Å². The van der Waals surface area contributed by atoms with Gasteiger partial charge in [0.2, 0.25) is 0 Å². The lowest BCUT2D eigenvalue weighted by atomic mass is 9.49. The number of hydrogen-bond acceptors (Lipinski definition) is 3. The molecule has 2 aliphatic rings. The van der Waals surface area contributed by atoms with Crippen LogP contribution in [0, 0.1) is 16.7 Å². The van der Waals surface area contributed by atoms with Crippen LogP contribution in [0.2, 0.25) is 0 Å². The van der Waals surface area contributed by atoms with Crippen molar-refractivity contribution in [2.45, 2.75) is 78.2 Å². The summed E-state index contributed by atoms with van der Waals surface area (Å²) in [6.45, 7) is 12.2. The Balaban J connectivity index is 2.35. The minimum Gasteiger partial charge on any atom is -0.469 e. The number of fused-ring (bicyclic) bond motifs is 1. The van der Waals surface area contributed by atoms with Gasteiger partial charge in [-0.2, -0.15) is 0 Å². The van der Waals surface area contributed by atoms with Crippen LogP contribution < -0.4 is 0 Å². The van der Waals surface area contributed by atoms with E-state index in [0.29, 0.717) is 12.3 Å². The van der Waals surface area contributed by atoms with E-state index in [1.807, 2.05) is 6.92 Å². The number of ether oxygens (including phenoxy) is 1. The fourth-order valence-electron chi connectivity index (χ4n) is 5.33. The molecule has 0 saturated heterocycles. The Labute approximate surface area is 147 Å². The van der Waals surface area contributed by atoms with Crippen LogP contribution in [0.4, 0.5) is 0 Å². The molecule has 1 saturated carbocycles. The van der Waals surface area contributed by atoms with Gasteiger partial charge in [-0.3, -0.25) is 4.79 Å². The molecule has 2 aliphatic carbocycles. The van der Waals surface area contributed by atoms with E-state index >= 15 is 0 Å². The van der Waals surface area contributed by atoms with Crippen molar-refractivity contribution in [3.63, 3.8) is 0 Å². The molecule has 0 heterocycles. The lowest BCUT2D eigenvalue weighted by Gasteiger charge is -2.55. The van der Waals surface area contributed by atoms with E-state index < -0.39 is 11.0 Å². The first kappa shape index (κ1) is 19.2. The standard InChI is InChI=1S/C21H34O3/c1-7-19(3,23)14-11-16-15(2)9-10-17-20(16,4)12-8-13-21(17,5)18(22)24-6/h7,17,23H,1,8-14H2,2-6H3. The largest absolute Gasteiger partial charge is 0.469 e. The monoisotopic (exact) mass is 334 g/mol. The molecule has 0 radical (unpaired) electrons. The van der Waals surface area contributed by atoms with Gasteiger partial charge < -0.3 is 9.84 Å². The first-order valence-corrected chi connectivity index (χ1v) is 9.24. The lowest BCUT2D eigenvalue weighted by Crippen LogP contribution is -2.51. The molecule has 24 heavy (non-hydrogen) atoms. The molecular formula is C21H34O3. The Morgan fingerprint density at radius 3 is 2.71 bits per heavy atom. The second kappa shape index (κ2) is 6.67. The maximum atomic E-state index is 12.5. The quantitative estimate of drug-likeness (QED) is 0.580. The van der Waals surface area contributed by atoms with E-state index in [0.717, 1.165) is 38.5 Å². The van der Waals surface area contributed by atoms with Crippen LogP contribution in [0.15, 0.2) is 23.8 Å². The highest BCUT2D eigenvalue weighted by molar-refractivity contribution is 5.77. The van der Waals surface area contributed by atoms with E-state index in [4.69, 9.17) is 4.74 Å². The lowest BCUT2D eigenvalue weighted by molar-refractivity contribution is -0.163. The summed E-state index contributed by atoms with van der Waals surface area (Å²) in [5, 5.41) is 10.3. The number of aliphatic hydroxyl groups is 1. The summed E-state index contributed by atoms with van der Waals surface area (Å²) < 4.78 is 5.17. The smallest absolute Gasteiger partial charge is 0.311 e. The average Bonchev–Trinajstić information content (AvgIpc) is 2.53. The molecule has 4 atom stereocenters. The Bertz CT molecular complexity index is 545. The third-order valence-electron chi connectivity index (χ3n) is 6.92. The number of hydrogen-bond donors (Lipinski definition) is 1. The van der Waals surface area contributed by atoms with Crippen LogP contribution in [0.5, 0.6) is 0 Å². The number of carbonyl (C=O) groups is 1. The van der Waals surface area contributed by atoms with Crippen LogP contribution in [-0.2, 0) is 9.53 Å². The molecule has 4 unspecified atom stereocenters. The van der Waals surface area contributed by atoms with Crippen LogP contribution in [-0.4, -0.2) is 23.8 Å². The molecule has 0 aliphatic heterocycles. The van der Waals surface area contributed by atoms with Gasteiger partial charge >= 0.3 is 5.97 Å². The molecule has 1 N–H and O–H groups in total. The molecule has 2 rings (SSSR count). The second-order valence-electron chi connectivity index (χ2n) is 8.59. The van der Waals surface area contributed by atoms with Crippen LogP contribution >= 0.6 is 0 Å². The maximum Gasteiger partial charge on any atom is 0.311 e. The van der Waals surface area contributed by atoms with Crippen LogP contribution in [0.25, 0.3) is 0 Å². The van der Waals surface area contributed by atoms with E-state index in [-0.39, 0.29) is 11.4 Å². The maximum absolute atomic E-state index is 12.5. The van der Waals surface area contributed by atoms with Gasteiger partial charge in [-0.1, -0.05) is 30.6 Å². The van der Waals surface area contributed by atoms with Crippen molar-refractivity contribution in [2.24, 2.45) is 16.7 Å². The van der Waals surface area contributed by atoms with Crippen molar-refractivity contribution in [3.05, 3.63) is 23.8 Å². The number of esters is 1. The first-order chi connectivity index (χ1) is 11.1. The Hall–Kier alpha value is -1.09. The highest BCUT2D eigenvalue weighted by atomic mass is 16.5. The molecular weight excluding hydrogens is 300 g/mol. The molecule has 0 aromatic rings. The number of methoxy groups -OCH3 is 1. The minimum absolute atomic E-state index is 0.0285. The van der Waals surface area contributed by atoms with Gasteiger partial charge in [0.05, 0.1) is 18.1 Å². The van der Waals surface area contributed by atoms with Gasteiger partial charge in [-0.15, -0.1) is 6.58 Å². The van der Waals surface area contributed by atoms with E-state index in [1.54, 1.807) is 6.08 Å². The summed E-state index contributed by atoms with van der Waals surface area (Å²) in [4.78, 5) is 12.5. The molecule has 3 nitrogen and oxygen atoms in total. The predicted octanol–water partition coefficient (Wildman–Crippen LogP) is 4.80. The third-order valence-corrected chi connectivity index (χ3v) is 6.92. The number of carbonyl (C=O) groups excluding carboxylic acids is 1. The highest BCUT2D eigenvalue weighted by Gasteiger charge is 2.55. The summed E-state index contributed by atoms with van der Waals surface area (Å²) >= 11 is 0. The molecule has 0 amide bonds. The van der Waals surface area contributed by atoms with E-state index in [9.17, 15) is 9.90 Å². The fraction of sp³-hybridized carbons (Fsp3) is 0.762. The van der Waals surface area contributed by atoms with Crippen molar-refractivity contribution < 1.29 is 14.6 Å². The van der Waals surface area contributed by atoms with Gasteiger partial charge in [0.1, 0.15) is 0 Å². The van der Waals surface area contributed by atoms with Crippen molar-refractivity contribution in [2.75, 3.05) is 7.11 Å². The van der Waals surface area contributed by atoms with Gasteiger partial charge in [0.15, 0.2) is 0 Å². The molecule has 136 valence electrons. The summed E-state index contributed by atoms with van der Waals surface area (Å²) in [6, 6.07) is 0. The molecule has 0 aromatic heterocycles. The van der Waals surface area contributed by atoms with Gasteiger partial charge in [0, 0.05) is 0 Å². The molecule has 0 bridgehead atoms. The molecule has 0 spiro atoms. The topological polar surface area (TPSA) is 46.5 Å². The Kier molecular flexibility index (Phi) is 5.34. The first-order valence-electron chi connectivity index (χ1n) is 9.24. The highest BCUT2D eigenvalue weighted by Crippen LogP contribution is 2.60. The minimum atomic E-state index is -0.836. The Morgan fingerprint density at radius 1 is 1.46 bits per heavy atom. The molecule has 1 fully saturated rings. The van der Waals surface area contributed by atoms with E-state index in [2.05, 4.69) is 27.4 Å². The van der Waals surface area contributed by atoms with Gasteiger partial charge in [-0.05, 0) is 70.6 Å². The fourth-order valence-corrected chi connectivity index (χ4v) is 5.33. The SMILES string of the molecule is C=CC(C)(O)CCC1=C(C)CCC2C(C)(C(=O)OC)CCCC12C. The zero-order valence-corrected chi connectivity index (χ0v) is 16.1. The Morgan fingerprint density at radius 2 is 2.12 bits per heavy atom.